The Bertz CT molecular complexity index is 824. The van der Waals surface area contributed by atoms with Gasteiger partial charge in [0.2, 0.25) is 0 Å². The first-order chi connectivity index (χ1) is 11.3. The number of nitrogens with one attached hydrogen (secondary N) is 1. The second kappa shape index (κ2) is 6.25. The lowest BCUT2D eigenvalue weighted by Crippen LogP contribution is -3.13. The number of thiazole rings is 1. The Kier molecular flexibility index (Phi) is 4.12. The minimum atomic E-state index is 1.09. The second-order valence-corrected chi connectivity index (χ2v) is 7.99. The Morgan fingerprint density at radius 2 is 2.04 bits per heavy atom. The number of hydrogen-bond donors (Lipinski definition) is 1. The average Bonchev–Trinajstić information content (AvgIpc) is 3.09. The van der Waals surface area contributed by atoms with E-state index in [-0.39, 0.29) is 0 Å². The van der Waals surface area contributed by atoms with Gasteiger partial charge in [0.05, 0.1) is 36.7 Å². The van der Waals surface area contributed by atoms with Crippen LogP contribution in [0.1, 0.15) is 36.8 Å². The van der Waals surface area contributed by atoms with Crippen molar-refractivity contribution in [1.29, 1.82) is 0 Å². The molecule has 0 unspecified atom stereocenters. The summed E-state index contributed by atoms with van der Waals surface area (Å²) in [5.41, 5.74) is 3.99. The third-order valence-electron chi connectivity index (χ3n) is 5.23. The molecule has 2 aromatic heterocycles. The summed E-state index contributed by atoms with van der Waals surface area (Å²) in [5, 5.41) is 2.52. The van der Waals surface area contributed by atoms with Gasteiger partial charge in [0.25, 0.3) is 0 Å². The fraction of sp³-hybridized carbons (Fsp3) is 0.526. The monoisotopic (exact) mass is 328 g/mol. The van der Waals surface area contributed by atoms with Crippen LogP contribution in [0.2, 0.25) is 0 Å². The fourth-order valence-electron chi connectivity index (χ4n) is 3.91. The topological polar surface area (TPSA) is 22.3 Å². The number of rotatable bonds is 4. The third kappa shape index (κ3) is 2.79. The number of benzene rings is 1. The highest BCUT2D eigenvalue weighted by molar-refractivity contribution is 7.18. The van der Waals surface area contributed by atoms with Crippen LogP contribution in [0.25, 0.3) is 21.3 Å². The van der Waals surface area contributed by atoms with Gasteiger partial charge in [0.15, 0.2) is 0 Å². The Hall–Kier alpha value is -1.39. The smallest absolute Gasteiger partial charge is 0.124 e. The molecule has 0 aliphatic carbocycles. The summed E-state index contributed by atoms with van der Waals surface area (Å²) in [4.78, 5) is 7.96. The average molecular weight is 329 g/mol. The van der Waals surface area contributed by atoms with E-state index in [9.17, 15) is 0 Å². The molecule has 1 N–H and O–H groups in total. The number of aryl methyl sites for hydroxylation is 2. The fourth-order valence-corrected chi connectivity index (χ4v) is 4.87. The van der Waals surface area contributed by atoms with Gasteiger partial charge in [-0.3, -0.25) is 0 Å². The maximum Gasteiger partial charge on any atom is 0.124 e. The maximum atomic E-state index is 4.82. The number of nitrogens with zero attached hydrogens (tertiary/aromatic N) is 2. The summed E-state index contributed by atoms with van der Waals surface area (Å²) in [6, 6.07) is 6.94. The highest BCUT2D eigenvalue weighted by Crippen LogP contribution is 2.33. The predicted octanol–water partition coefficient (Wildman–Crippen LogP) is 3.19. The van der Waals surface area contributed by atoms with E-state index in [4.69, 9.17) is 4.98 Å². The molecule has 1 saturated heterocycles. The lowest BCUT2D eigenvalue weighted by Gasteiger charge is -2.23. The molecule has 4 heteroatoms. The summed E-state index contributed by atoms with van der Waals surface area (Å²) in [6.07, 6.45) is 5.31. The van der Waals surface area contributed by atoms with Crippen molar-refractivity contribution in [2.45, 2.75) is 46.1 Å². The summed E-state index contributed by atoms with van der Waals surface area (Å²) < 4.78 is 2.52. The first-order valence-electron chi connectivity index (χ1n) is 8.98. The van der Waals surface area contributed by atoms with Crippen molar-refractivity contribution in [3.8, 4) is 0 Å². The predicted molar refractivity (Wildman–Crippen MR) is 98.6 cm³/mol. The van der Waals surface area contributed by atoms with E-state index < -0.39 is 0 Å². The first kappa shape index (κ1) is 15.2. The van der Waals surface area contributed by atoms with Crippen LogP contribution in [-0.4, -0.2) is 29.2 Å². The summed E-state index contributed by atoms with van der Waals surface area (Å²) in [7, 11) is 0. The second-order valence-electron chi connectivity index (χ2n) is 6.80. The molecule has 4 rings (SSSR count). The van der Waals surface area contributed by atoms with Gasteiger partial charge < -0.3 is 9.47 Å². The van der Waals surface area contributed by atoms with Gasteiger partial charge in [-0.05, 0) is 50.3 Å². The number of likely N-dealkylation sites (tertiary alicyclic amines) is 1. The van der Waals surface area contributed by atoms with Gasteiger partial charge in [-0.1, -0.05) is 13.0 Å². The number of quaternary nitrogens is 1. The molecule has 1 fully saturated rings. The van der Waals surface area contributed by atoms with Crippen molar-refractivity contribution in [2.24, 2.45) is 0 Å². The molecule has 0 atom stereocenters. The summed E-state index contributed by atoms with van der Waals surface area (Å²) >= 11 is 1.85. The van der Waals surface area contributed by atoms with Crippen LogP contribution in [0.15, 0.2) is 18.2 Å². The molecule has 0 amide bonds. The van der Waals surface area contributed by atoms with Gasteiger partial charge in [-0.15, -0.1) is 11.3 Å². The molecular weight excluding hydrogens is 302 g/mol. The van der Waals surface area contributed by atoms with E-state index in [1.807, 2.05) is 11.3 Å². The zero-order valence-corrected chi connectivity index (χ0v) is 15.0. The standard InChI is InChI=1S/C19H25N3S/c1-3-15-7-8-17-16(13-15)18-19(23-14(2)20-18)22(17)12-11-21-9-5-4-6-10-21/h7-8,13H,3-6,9-12H2,1-2H3/p+1. The lowest BCUT2D eigenvalue weighted by atomic mass is 10.1. The van der Waals surface area contributed by atoms with Crippen LogP contribution in [0, 0.1) is 6.92 Å². The van der Waals surface area contributed by atoms with E-state index >= 15 is 0 Å². The van der Waals surface area contributed by atoms with E-state index in [1.54, 1.807) is 4.90 Å². The van der Waals surface area contributed by atoms with E-state index in [2.05, 4.69) is 36.6 Å². The van der Waals surface area contributed by atoms with Gasteiger partial charge in [-0.2, -0.15) is 0 Å². The normalized spacial score (nSPS) is 16.6. The number of aromatic nitrogens is 2. The Morgan fingerprint density at radius 1 is 1.22 bits per heavy atom. The van der Waals surface area contributed by atoms with Gasteiger partial charge in [0, 0.05) is 5.39 Å². The molecule has 3 heterocycles. The zero-order valence-electron chi connectivity index (χ0n) is 14.2. The molecule has 23 heavy (non-hydrogen) atoms. The molecule has 0 radical (unpaired) electrons. The van der Waals surface area contributed by atoms with Crippen LogP contribution in [0.4, 0.5) is 0 Å². The third-order valence-corrected chi connectivity index (χ3v) is 6.22. The van der Waals surface area contributed by atoms with E-state index in [1.165, 1.54) is 70.7 Å². The zero-order chi connectivity index (χ0) is 15.8. The van der Waals surface area contributed by atoms with Crippen molar-refractivity contribution >= 4 is 32.6 Å². The van der Waals surface area contributed by atoms with Crippen molar-refractivity contribution in [3.63, 3.8) is 0 Å². The van der Waals surface area contributed by atoms with E-state index in [0.717, 1.165) is 13.0 Å². The molecule has 0 bridgehead atoms. The van der Waals surface area contributed by atoms with Crippen molar-refractivity contribution < 1.29 is 4.90 Å². The maximum absolute atomic E-state index is 4.82. The van der Waals surface area contributed by atoms with Gasteiger partial charge in [0.1, 0.15) is 10.3 Å². The van der Waals surface area contributed by atoms with Crippen molar-refractivity contribution in [2.75, 3.05) is 19.6 Å². The minimum absolute atomic E-state index is 1.09. The van der Waals surface area contributed by atoms with Gasteiger partial charge in [-0.25, -0.2) is 4.98 Å². The number of hydrogen-bond acceptors (Lipinski definition) is 2. The molecule has 1 aliphatic heterocycles. The summed E-state index contributed by atoms with van der Waals surface area (Å²) in [6.45, 7) is 9.41. The Balaban J connectivity index is 1.73. The lowest BCUT2D eigenvalue weighted by molar-refractivity contribution is -0.905. The molecule has 122 valence electrons. The van der Waals surface area contributed by atoms with Crippen LogP contribution in [-0.2, 0) is 13.0 Å². The molecule has 1 aromatic carbocycles. The van der Waals surface area contributed by atoms with Crippen LogP contribution in [0.5, 0.6) is 0 Å². The summed E-state index contributed by atoms with van der Waals surface area (Å²) in [5.74, 6) is 0. The van der Waals surface area contributed by atoms with Crippen molar-refractivity contribution in [3.05, 3.63) is 28.8 Å². The first-order valence-corrected chi connectivity index (χ1v) is 9.79. The van der Waals surface area contributed by atoms with Crippen molar-refractivity contribution in [1.82, 2.24) is 9.55 Å². The number of piperidine rings is 1. The molecule has 1 aliphatic rings. The quantitative estimate of drug-likeness (QED) is 0.781. The highest BCUT2D eigenvalue weighted by Gasteiger charge is 2.18. The molecule has 3 nitrogen and oxygen atoms in total. The minimum Gasteiger partial charge on any atom is -0.333 e. The van der Waals surface area contributed by atoms with Crippen LogP contribution >= 0.6 is 11.3 Å². The molecule has 0 spiro atoms. The van der Waals surface area contributed by atoms with Gasteiger partial charge >= 0.3 is 0 Å². The number of fused-ring (bicyclic) bond motifs is 3. The Morgan fingerprint density at radius 3 is 2.83 bits per heavy atom. The Labute approximate surface area is 141 Å². The largest absolute Gasteiger partial charge is 0.333 e. The SMILES string of the molecule is CCc1ccc2c(c1)c1nc(C)sc1n2CC[NH+]1CCCCC1. The molecular formula is C19H26N3S+. The van der Waals surface area contributed by atoms with Crippen LogP contribution < -0.4 is 4.90 Å². The van der Waals surface area contributed by atoms with E-state index in [0.29, 0.717) is 0 Å². The van der Waals surface area contributed by atoms with Crippen LogP contribution in [0.3, 0.4) is 0 Å². The molecule has 0 saturated carbocycles. The highest BCUT2D eigenvalue weighted by atomic mass is 32.1. The molecule has 3 aromatic rings.